The van der Waals surface area contributed by atoms with Gasteiger partial charge in [-0.1, -0.05) is 41.1 Å². The highest BCUT2D eigenvalue weighted by Gasteiger charge is 2.30. The fourth-order valence-electron chi connectivity index (χ4n) is 3.36. The zero-order valence-electron chi connectivity index (χ0n) is 17.2. The molecule has 1 aliphatic rings. The lowest BCUT2D eigenvalue weighted by atomic mass is 10.2. The van der Waals surface area contributed by atoms with Crippen LogP contribution in [0.15, 0.2) is 58.7 Å². The van der Waals surface area contributed by atoms with Crippen molar-refractivity contribution in [3.63, 3.8) is 0 Å². The molecular weight excluding hydrogens is 450 g/mol. The number of nitrogens with zero attached hydrogens (tertiary/aromatic N) is 4. The molecule has 1 aliphatic heterocycles. The molecule has 4 rings (SSSR count). The summed E-state index contributed by atoms with van der Waals surface area (Å²) in [5.41, 5.74) is 5.18. The minimum atomic E-state index is -0.0117. The molecule has 0 saturated carbocycles. The number of benzene rings is 2. The van der Waals surface area contributed by atoms with Crippen LogP contribution >= 0.6 is 35.6 Å². The van der Waals surface area contributed by atoms with E-state index >= 15 is 0 Å². The van der Waals surface area contributed by atoms with Crippen molar-refractivity contribution >= 4 is 58.1 Å². The largest absolute Gasteiger partial charge is 0.334 e. The van der Waals surface area contributed by atoms with Crippen LogP contribution in [0.25, 0.3) is 5.69 Å². The van der Waals surface area contributed by atoms with Crippen molar-refractivity contribution in [3.05, 3.63) is 75.3 Å². The maximum atomic E-state index is 12.5. The maximum absolute atomic E-state index is 12.5. The number of thioether (sulfide) groups is 1. The lowest BCUT2D eigenvalue weighted by Crippen LogP contribution is -2.29. The van der Waals surface area contributed by atoms with Gasteiger partial charge in [-0.3, -0.25) is 14.3 Å². The van der Waals surface area contributed by atoms with E-state index in [0.717, 1.165) is 28.3 Å². The van der Waals surface area contributed by atoms with Gasteiger partial charge in [0.2, 0.25) is 5.91 Å². The molecule has 0 aliphatic carbocycles. The summed E-state index contributed by atoms with van der Waals surface area (Å²) in [5.74, 6) is 0.327. The maximum Gasteiger partial charge on any atom is 0.243 e. The Labute approximate surface area is 194 Å². The molecule has 0 spiro atoms. The Bertz CT molecular complexity index is 1260. The number of aromatic amines is 1. The summed E-state index contributed by atoms with van der Waals surface area (Å²) in [4.78, 5) is 17.2. The molecule has 1 N–H and O–H groups in total. The first-order valence-corrected chi connectivity index (χ1v) is 11.3. The van der Waals surface area contributed by atoms with Gasteiger partial charge >= 0.3 is 0 Å². The number of imidazole rings is 1. The number of nitrogens with one attached hydrogen (secondary N) is 1. The predicted molar refractivity (Wildman–Crippen MR) is 131 cm³/mol. The van der Waals surface area contributed by atoms with E-state index < -0.39 is 0 Å². The number of amidine groups is 1. The molecule has 2 aromatic carbocycles. The summed E-state index contributed by atoms with van der Waals surface area (Å²) < 4.78 is 2.47. The van der Waals surface area contributed by atoms with Gasteiger partial charge < -0.3 is 4.98 Å². The van der Waals surface area contributed by atoms with E-state index in [1.165, 1.54) is 11.8 Å². The summed E-state index contributed by atoms with van der Waals surface area (Å²) in [6, 6.07) is 15.2. The first-order chi connectivity index (χ1) is 14.8. The number of aromatic nitrogens is 2. The molecule has 1 saturated heterocycles. The fraction of sp³-hybridized carbons (Fsp3) is 0.182. The smallest absolute Gasteiger partial charge is 0.243 e. The molecule has 158 valence electrons. The molecular formula is C22H20ClN5OS2. The Morgan fingerprint density at radius 1 is 1.10 bits per heavy atom. The summed E-state index contributed by atoms with van der Waals surface area (Å²) in [6.45, 7) is 5.82. The molecule has 31 heavy (non-hydrogen) atoms. The number of hydrogen-bond donors (Lipinski definition) is 1. The third kappa shape index (κ3) is 4.37. The fourth-order valence-corrected chi connectivity index (χ4v) is 4.66. The molecule has 0 atom stereocenters. The van der Waals surface area contributed by atoms with Crippen LogP contribution < -0.4 is 4.90 Å². The van der Waals surface area contributed by atoms with Crippen molar-refractivity contribution < 1.29 is 4.79 Å². The second-order valence-electron chi connectivity index (χ2n) is 7.14. The van der Waals surface area contributed by atoms with E-state index in [0.29, 0.717) is 26.4 Å². The van der Waals surface area contributed by atoms with E-state index in [1.807, 2.05) is 73.9 Å². The number of rotatable bonds is 4. The van der Waals surface area contributed by atoms with Crippen LogP contribution in [0.5, 0.6) is 0 Å². The number of amides is 1. The highest BCUT2D eigenvalue weighted by molar-refractivity contribution is 8.15. The zero-order chi connectivity index (χ0) is 22.1. The van der Waals surface area contributed by atoms with E-state index in [2.05, 4.69) is 15.2 Å². The van der Waals surface area contributed by atoms with Gasteiger partial charge in [-0.15, -0.1) is 5.10 Å². The lowest BCUT2D eigenvalue weighted by molar-refractivity contribution is -0.115. The minimum absolute atomic E-state index is 0.0117. The molecule has 2 heterocycles. The summed E-state index contributed by atoms with van der Waals surface area (Å²) in [6.07, 6.45) is 0. The number of carbonyl (C=O) groups excluding carboxylic acids is 1. The Balaban J connectivity index is 1.72. The van der Waals surface area contributed by atoms with Gasteiger partial charge in [0, 0.05) is 16.4 Å². The minimum Gasteiger partial charge on any atom is -0.334 e. The van der Waals surface area contributed by atoms with E-state index in [9.17, 15) is 4.79 Å². The zero-order valence-corrected chi connectivity index (χ0v) is 19.6. The van der Waals surface area contributed by atoms with Crippen LogP contribution in [-0.4, -0.2) is 32.1 Å². The molecule has 1 amide bonds. The van der Waals surface area contributed by atoms with Crippen molar-refractivity contribution in [3.8, 4) is 5.69 Å². The average Bonchev–Trinajstić information content (AvgIpc) is 3.26. The van der Waals surface area contributed by atoms with E-state index in [-0.39, 0.29) is 5.91 Å². The van der Waals surface area contributed by atoms with Crippen LogP contribution in [0, 0.1) is 18.6 Å². The summed E-state index contributed by atoms with van der Waals surface area (Å²) in [7, 11) is 0. The van der Waals surface area contributed by atoms with Crippen molar-refractivity contribution in [2.45, 2.75) is 20.8 Å². The van der Waals surface area contributed by atoms with Gasteiger partial charge in [-0.2, -0.15) is 5.10 Å². The Kier molecular flexibility index (Phi) is 6.13. The van der Waals surface area contributed by atoms with E-state index in [4.69, 9.17) is 23.8 Å². The lowest BCUT2D eigenvalue weighted by Gasteiger charge is -2.15. The molecule has 0 radical (unpaired) electrons. The first-order valence-electron chi connectivity index (χ1n) is 9.58. The molecule has 6 nitrogen and oxygen atoms in total. The Hall–Kier alpha value is -2.68. The number of hydrogen-bond acceptors (Lipinski definition) is 5. The highest BCUT2D eigenvalue weighted by Crippen LogP contribution is 2.27. The second-order valence-corrected chi connectivity index (χ2v) is 8.90. The number of H-pyrrole nitrogens is 1. The first kappa shape index (κ1) is 21.5. The topological polar surface area (TPSA) is 65.8 Å². The van der Waals surface area contributed by atoms with Crippen molar-refractivity contribution in [2.24, 2.45) is 10.2 Å². The summed E-state index contributed by atoms with van der Waals surface area (Å²) >= 11 is 12.9. The summed E-state index contributed by atoms with van der Waals surface area (Å²) in [5, 5.41) is 10.1. The third-order valence-corrected chi connectivity index (χ3v) is 6.30. The Morgan fingerprint density at radius 3 is 2.42 bits per heavy atom. The normalized spacial score (nSPS) is 15.9. The van der Waals surface area contributed by atoms with Crippen LogP contribution in [0.4, 0.5) is 5.69 Å². The molecule has 0 unspecified atom stereocenters. The molecule has 1 aromatic heterocycles. The van der Waals surface area contributed by atoms with Gasteiger partial charge in [0.25, 0.3) is 0 Å². The van der Waals surface area contributed by atoms with Crippen LogP contribution in [0.3, 0.4) is 0 Å². The molecule has 0 bridgehead atoms. The predicted octanol–water partition coefficient (Wildman–Crippen LogP) is 5.67. The quantitative estimate of drug-likeness (QED) is 0.304. The average molecular weight is 470 g/mol. The van der Waals surface area contributed by atoms with Crippen molar-refractivity contribution in [1.29, 1.82) is 0 Å². The van der Waals surface area contributed by atoms with E-state index in [1.54, 1.807) is 4.90 Å². The van der Waals surface area contributed by atoms with Crippen LogP contribution in [0.1, 0.15) is 23.9 Å². The van der Waals surface area contributed by atoms with Gasteiger partial charge in [-0.05, 0) is 69.4 Å². The number of halogens is 1. The SMILES string of the molecule is C/C(=N\N=C1/SCC(=O)N1c1ccc(C)cc1)c1c(C)[nH]c(=S)n1-c1ccc(Cl)cc1. The number of carbonyl (C=O) groups is 1. The number of anilines is 1. The van der Waals surface area contributed by atoms with Gasteiger partial charge in [0.15, 0.2) is 9.94 Å². The van der Waals surface area contributed by atoms with Crippen LogP contribution in [-0.2, 0) is 4.79 Å². The number of aryl methyl sites for hydroxylation is 2. The van der Waals surface area contributed by atoms with Gasteiger partial charge in [0.05, 0.1) is 22.8 Å². The van der Waals surface area contributed by atoms with Crippen molar-refractivity contribution in [2.75, 3.05) is 10.7 Å². The standard InChI is InChI=1S/C22H20ClN5OS2/c1-13-4-8-17(9-5-13)27-19(29)12-31-22(27)26-25-15(3)20-14(2)24-21(30)28(20)18-10-6-16(23)7-11-18/h4-11H,12H2,1-3H3,(H,24,30)/b25-15+,26-22-. The van der Waals surface area contributed by atoms with Crippen LogP contribution in [0.2, 0.25) is 5.02 Å². The monoisotopic (exact) mass is 469 g/mol. The highest BCUT2D eigenvalue weighted by atomic mass is 35.5. The molecule has 9 heteroatoms. The Morgan fingerprint density at radius 2 is 1.74 bits per heavy atom. The second kappa shape index (κ2) is 8.82. The molecule has 3 aromatic rings. The van der Waals surface area contributed by atoms with Crippen molar-refractivity contribution in [1.82, 2.24) is 9.55 Å². The molecule has 1 fully saturated rings. The third-order valence-electron chi connectivity index (χ3n) is 4.85. The van der Waals surface area contributed by atoms with Gasteiger partial charge in [0.1, 0.15) is 0 Å². The van der Waals surface area contributed by atoms with Gasteiger partial charge in [-0.25, -0.2) is 0 Å².